The minimum Gasteiger partial charge on any atom is -0.492 e. The SMILES string of the molecule is CCOc1ccc(C(=O)Nc2ccc(C)cc2C)cc1S(=O)(=O)NC(C)C. The van der Waals surface area contributed by atoms with Crippen LogP contribution in [0.2, 0.25) is 0 Å². The van der Waals surface area contributed by atoms with Crippen molar-refractivity contribution in [1.82, 2.24) is 4.72 Å². The number of carbonyl (C=O) groups excluding carboxylic acids is 1. The van der Waals surface area contributed by atoms with Crippen LogP contribution in [0.1, 0.15) is 42.3 Å². The maximum absolute atomic E-state index is 12.7. The van der Waals surface area contributed by atoms with E-state index in [4.69, 9.17) is 4.74 Å². The van der Waals surface area contributed by atoms with Crippen molar-refractivity contribution in [3.05, 3.63) is 53.1 Å². The number of nitrogens with one attached hydrogen (secondary N) is 2. The predicted molar refractivity (Wildman–Crippen MR) is 107 cm³/mol. The van der Waals surface area contributed by atoms with E-state index < -0.39 is 10.0 Å². The van der Waals surface area contributed by atoms with Crippen LogP contribution < -0.4 is 14.8 Å². The lowest BCUT2D eigenvalue weighted by Gasteiger charge is -2.15. The fourth-order valence-electron chi connectivity index (χ4n) is 2.66. The lowest BCUT2D eigenvalue weighted by atomic mass is 10.1. The molecule has 0 aromatic heterocycles. The molecule has 7 heteroatoms. The second kappa shape index (κ2) is 8.54. The second-order valence-electron chi connectivity index (χ2n) is 6.64. The summed E-state index contributed by atoms with van der Waals surface area (Å²) in [5, 5.41) is 2.83. The summed E-state index contributed by atoms with van der Waals surface area (Å²) in [6.07, 6.45) is 0. The number of hydrogen-bond acceptors (Lipinski definition) is 4. The fraction of sp³-hybridized carbons (Fsp3) is 0.350. The van der Waals surface area contributed by atoms with E-state index in [2.05, 4.69) is 10.0 Å². The molecule has 0 fully saturated rings. The highest BCUT2D eigenvalue weighted by Gasteiger charge is 2.23. The first-order valence-corrected chi connectivity index (χ1v) is 10.3. The first-order chi connectivity index (χ1) is 12.6. The van der Waals surface area contributed by atoms with Gasteiger partial charge >= 0.3 is 0 Å². The second-order valence-corrected chi connectivity index (χ2v) is 8.33. The van der Waals surface area contributed by atoms with Gasteiger partial charge in [-0.1, -0.05) is 17.7 Å². The molecule has 2 aromatic rings. The predicted octanol–water partition coefficient (Wildman–Crippen LogP) is 3.64. The summed E-state index contributed by atoms with van der Waals surface area (Å²) in [5.74, 6) is -0.167. The lowest BCUT2D eigenvalue weighted by molar-refractivity contribution is 0.102. The Labute approximate surface area is 161 Å². The summed E-state index contributed by atoms with van der Waals surface area (Å²) in [7, 11) is -3.81. The molecule has 2 aromatic carbocycles. The summed E-state index contributed by atoms with van der Waals surface area (Å²) in [5.41, 5.74) is 2.95. The van der Waals surface area contributed by atoms with Crippen LogP contribution in [0.4, 0.5) is 5.69 Å². The van der Waals surface area contributed by atoms with Gasteiger partial charge in [0.25, 0.3) is 5.91 Å². The zero-order valence-corrected chi connectivity index (χ0v) is 17.1. The first-order valence-electron chi connectivity index (χ1n) is 8.82. The molecule has 0 heterocycles. The molecule has 1 amide bonds. The summed E-state index contributed by atoms with van der Waals surface area (Å²) < 4.78 is 33.2. The van der Waals surface area contributed by atoms with Crippen molar-refractivity contribution < 1.29 is 17.9 Å². The molecule has 0 unspecified atom stereocenters. The summed E-state index contributed by atoms with van der Waals surface area (Å²) in [4.78, 5) is 12.6. The van der Waals surface area contributed by atoms with Gasteiger partial charge in [-0.15, -0.1) is 0 Å². The Morgan fingerprint density at radius 3 is 2.41 bits per heavy atom. The van der Waals surface area contributed by atoms with Gasteiger partial charge in [-0.3, -0.25) is 4.79 Å². The van der Waals surface area contributed by atoms with Gasteiger partial charge in [-0.2, -0.15) is 0 Å². The molecule has 0 bridgehead atoms. The van der Waals surface area contributed by atoms with E-state index in [-0.39, 0.29) is 28.2 Å². The molecular formula is C20H26N2O4S. The minimum atomic E-state index is -3.81. The van der Waals surface area contributed by atoms with Gasteiger partial charge in [0, 0.05) is 17.3 Å². The Morgan fingerprint density at radius 1 is 1.11 bits per heavy atom. The molecule has 0 saturated heterocycles. The molecule has 0 radical (unpaired) electrons. The van der Waals surface area contributed by atoms with E-state index in [0.29, 0.717) is 12.3 Å². The topological polar surface area (TPSA) is 84.5 Å². The van der Waals surface area contributed by atoms with E-state index in [1.165, 1.54) is 12.1 Å². The third-order valence-corrected chi connectivity index (χ3v) is 5.50. The molecule has 0 spiro atoms. The minimum absolute atomic E-state index is 0.0497. The maximum atomic E-state index is 12.7. The highest BCUT2D eigenvalue weighted by Crippen LogP contribution is 2.26. The van der Waals surface area contributed by atoms with E-state index in [1.807, 2.05) is 32.0 Å². The van der Waals surface area contributed by atoms with E-state index >= 15 is 0 Å². The van der Waals surface area contributed by atoms with Gasteiger partial charge in [0.1, 0.15) is 10.6 Å². The summed E-state index contributed by atoms with van der Waals surface area (Å²) >= 11 is 0. The lowest BCUT2D eigenvalue weighted by Crippen LogP contribution is -2.30. The molecule has 0 aliphatic heterocycles. The third-order valence-electron chi connectivity index (χ3n) is 3.82. The van der Waals surface area contributed by atoms with Crippen molar-refractivity contribution in [1.29, 1.82) is 0 Å². The molecule has 27 heavy (non-hydrogen) atoms. The number of sulfonamides is 1. The van der Waals surface area contributed by atoms with Gasteiger partial charge in [0.05, 0.1) is 6.61 Å². The van der Waals surface area contributed by atoms with Crippen molar-refractivity contribution in [3.63, 3.8) is 0 Å². The average molecular weight is 391 g/mol. The van der Waals surface area contributed by atoms with Crippen LogP contribution in [0.15, 0.2) is 41.3 Å². The Hall–Kier alpha value is -2.38. The van der Waals surface area contributed by atoms with Crippen LogP contribution in [0, 0.1) is 13.8 Å². The number of carbonyl (C=O) groups is 1. The van der Waals surface area contributed by atoms with Crippen LogP contribution in [-0.4, -0.2) is 27.0 Å². The highest BCUT2D eigenvalue weighted by molar-refractivity contribution is 7.89. The quantitative estimate of drug-likeness (QED) is 0.756. The normalized spacial score (nSPS) is 11.5. The van der Waals surface area contributed by atoms with E-state index in [9.17, 15) is 13.2 Å². The Balaban J connectivity index is 2.40. The molecule has 0 aliphatic rings. The van der Waals surface area contributed by atoms with Crippen LogP contribution in [0.3, 0.4) is 0 Å². The Morgan fingerprint density at radius 2 is 1.81 bits per heavy atom. The Kier molecular flexibility index (Phi) is 6.62. The van der Waals surface area contributed by atoms with Crippen LogP contribution in [0.25, 0.3) is 0 Å². The molecule has 2 N–H and O–H groups in total. The Bertz CT molecular complexity index is 937. The molecule has 6 nitrogen and oxygen atoms in total. The summed E-state index contributed by atoms with van der Waals surface area (Å²) in [6, 6.07) is 9.83. The van der Waals surface area contributed by atoms with Gasteiger partial charge in [-0.05, 0) is 64.4 Å². The molecule has 0 aliphatic carbocycles. The molecule has 2 rings (SSSR count). The van der Waals surface area contributed by atoms with Crippen molar-refractivity contribution >= 4 is 21.6 Å². The number of benzene rings is 2. The first kappa shape index (κ1) is 20.9. The number of aryl methyl sites for hydroxylation is 2. The van der Waals surface area contributed by atoms with Gasteiger partial charge in [-0.25, -0.2) is 13.1 Å². The van der Waals surface area contributed by atoms with Crippen molar-refractivity contribution in [2.24, 2.45) is 0 Å². The number of hydrogen-bond donors (Lipinski definition) is 2. The van der Waals surface area contributed by atoms with Crippen LogP contribution >= 0.6 is 0 Å². The number of ether oxygens (including phenoxy) is 1. The molecule has 146 valence electrons. The maximum Gasteiger partial charge on any atom is 0.255 e. The van der Waals surface area contributed by atoms with Crippen molar-refractivity contribution in [3.8, 4) is 5.75 Å². The van der Waals surface area contributed by atoms with Gasteiger partial charge < -0.3 is 10.1 Å². The third kappa shape index (κ3) is 5.30. The monoisotopic (exact) mass is 390 g/mol. The molecular weight excluding hydrogens is 364 g/mol. The van der Waals surface area contributed by atoms with Crippen molar-refractivity contribution in [2.45, 2.75) is 45.6 Å². The van der Waals surface area contributed by atoms with Gasteiger partial charge in [0.15, 0.2) is 0 Å². The standard InChI is InChI=1S/C20H26N2O4S/c1-6-26-18-10-8-16(12-19(18)27(24,25)22-13(2)3)20(23)21-17-9-7-14(4)11-15(17)5/h7-13,22H,6H2,1-5H3,(H,21,23). The smallest absolute Gasteiger partial charge is 0.255 e. The number of rotatable bonds is 7. The number of amides is 1. The zero-order valence-electron chi connectivity index (χ0n) is 16.3. The van der Waals surface area contributed by atoms with E-state index in [1.54, 1.807) is 26.8 Å². The molecule has 0 atom stereocenters. The highest BCUT2D eigenvalue weighted by atomic mass is 32.2. The van der Waals surface area contributed by atoms with Crippen LogP contribution in [-0.2, 0) is 10.0 Å². The average Bonchev–Trinajstić information content (AvgIpc) is 2.56. The zero-order chi connectivity index (χ0) is 20.2. The summed E-state index contributed by atoms with van der Waals surface area (Å²) in [6.45, 7) is 9.43. The fourth-order valence-corrected chi connectivity index (χ4v) is 4.08. The molecule has 0 saturated carbocycles. The largest absolute Gasteiger partial charge is 0.492 e. The van der Waals surface area contributed by atoms with Crippen molar-refractivity contribution in [2.75, 3.05) is 11.9 Å². The van der Waals surface area contributed by atoms with E-state index in [0.717, 1.165) is 11.1 Å². The number of anilines is 1. The van der Waals surface area contributed by atoms with Crippen LogP contribution in [0.5, 0.6) is 5.75 Å². The van der Waals surface area contributed by atoms with Gasteiger partial charge in [0.2, 0.25) is 10.0 Å².